The van der Waals surface area contributed by atoms with Crippen molar-refractivity contribution in [2.45, 2.75) is 32.9 Å². The highest BCUT2D eigenvalue weighted by atomic mass is 35.5. The second-order valence-electron chi connectivity index (χ2n) is 6.02. The quantitative estimate of drug-likeness (QED) is 0.835. The van der Waals surface area contributed by atoms with Crippen molar-refractivity contribution in [2.75, 3.05) is 0 Å². The van der Waals surface area contributed by atoms with Crippen molar-refractivity contribution < 1.29 is 13.9 Å². The van der Waals surface area contributed by atoms with E-state index in [1.54, 1.807) is 51.1 Å². The third-order valence-electron chi connectivity index (χ3n) is 2.95. The summed E-state index contributed by atoms with van der Waals surface area (Å²) in [4.78, 5) is 15.3. The van der Waals surface area contributed by atoms with Gasteiger partial charge < -0.3 is 10.1 Å². The van der Waals surface area contributed by atoms with Gasteiger partial charge >= 0.3 is 6.09 Å². The van der Waals surface area contributed by atoms with Crippen LogP contribution in [0.25, 0.3) is 11.1 Å². The Bertz CT molecular complexity index is 697. The first-order valence-electron chi connectivity index (χ1n) is 7.12. The van der Waals surface area contributed by atoms with Gasteiger partial charge in [-0.25, -0.2) is 14.2 Å². The molecule has 0 fully saturated rings. The fourth-order valence-electron chi connectivity index (χ4n) is 1.93. The largest absolute Gasteiger partial charge is 0.444 e. The maximum atomic E-state index is 13.9. The summed E-state index contributed by atoms with van der Waals surface area (Å²) in [5.41, 5.74) is 1.41. The summed E-state index contributed by atoms with van der Waals surface area (Å²) in [6, 6.07) is 8.71. The van der Waals surface area contributed by atoms with Gasteiger partial charge in [0.15, 0.2) is 11.0 Å². The topological polar surface area (TPSA) is 51.2 Å². The predicted octanol–water partition coefficient (Wildman–Crippen LogP) is 4.57. The number of benzene rings is 1. The number of alkyl carbamates (subject to hydrolysis) is 1. The van der Waals surface area contributed by atoms with Gasteiger partial charge in [-0.3, -0.25) is 0 Å². The van der Waals surface area contributed by atoms with Crippen molar-refractivity contribution in [3.8, 4) is 11.1 Å². The maximum absolute atomic E-state index is 13.9. The van der Waals surface area contributed by atoms with Gasteiger partial charge in [-0.2, -0.15) is 0 Å². The summed E-state index contributed by atoms with van der Waals surface area (Å²) < 4.78 is 19.1. The first kappa shape index (κ1) is 17.2. The molecule has 4 nitrogen and oxygen atoms in total. The maximum Gasteiger partial charge on any atom is 0.407 e. The molecule has 1 aromatic heterocycles. The number of nitrogens with zero attached hydrogens (tertiary/aromatic N) is 1. The van der Waals surface area contributed by atoms with Crippen LogP contribution >= 0.6 is 11.6 Å². The van der Waals surface area contributed by atoms with E-state index in [-0.39, 0.29) is 5.15 Å². The fourth-order valence-corrected chi connectivity index (χ4v) is 2.09. The Morgan fingerprint density at radius 2 is 1.91 bits per heavy atom. The predicted molar refractivity (Wildman–Crippen MR) is 87.7 cm³/mol. The van der Waals surface area contributed by atoms with Crippen LogP contribution in [0.15, 0.2) is 36.5 Å². The number of carbonyl (C=O) groups excluding carboxylic acids is 1. The Morgan fingerprint density at radius 1 is 1.26 bits per heavy atom. The molecule has 1 aromatic carbocycles. The van der Waals surface area contributed by atoms with Crippen LogP contribution in [-0.2, 0) is 11.3 Å². The Hall–Kier alpha value is -2.14. The van der Waals surface area contributed by atoms with Crippen molar-refractivity contribution in [3.63, 3.8) is 0 Å². The molecule has 2 aromatic rings. The number of hydrogen-bond donors (Lipinski definition) is 1. The standard InChI is InChI=1S/C17H18ClFN2O2/c1-17(2,3)23-16(22)21-10-11-4-6-12(7-5-11)13-8-9-20-15(18)14(13)19/h4-9H,10H2,1-3H3,(H,21,22). The SMILES string of the molecule is CC(C)(C)OC(=O)NCc1ccc(-c2ccnc(Cl)c2F)cc1. The summed E-state index contributed by atoms with van der Waals surface area (Å²) >= 11 is 5.68. The monoisotopic (exact) mass is 336 g/mol. The fraction of sp³-hybridized carbons (Fsp3) is 0.294. The summed E-state index contributed by atoms with van der Waals surface area (Å²) in [5.74, 6) is -0.547. The van der Waals surface area contributed by atoms with Crippen LogP contribution in [0, 0.1) is 5.82 Å². The number of amides is 1. The Kier molecular flexibility index (Phi) is 5.21. The third-order valence-corrected chi connectivity index (χ3v) is 3.21. The van der Waals surface area contributed by atoms with E-state index >= 15 is 0 Å². The second kappa shape index (κ2) is 6.96. The van der Waals surface area contributed by atoms with Gasteiger partial charge in [-0.1, -0.05) is 35.9 Å². The molecule has 0 saturated heterocycles. The minimum atomic E-state index is -0.547. The number of rotatable bonds is 3. The Morgan fingerprint density at radius 3 is 2.52 bits per heavy atom. The van der Waals surface area contributed by atoms with Gasteiger partial charge in [-0.05, 0) is 38.0 Å². The summed E-state index contributed by atoms with van der Waals surface area (Å²) in [5, 5.41) is 2.51. The molecule has 0 aliphatic carbocycles. The number of hydrogen-bond acceptors (Lipinski definition) is 3. The molecular weight excluding hydrogens is 319 g/mol. The van der Waals surface area contributed by atoms with Gasteiger partial charge in [0.05, 0.1) is 0 Å². The summed E-state index contributed by atoms with van der Waals surface area (Å²) in [6.07, 6.45) is 0.979. The molecule has 1 N–H and O–H groups in total. The zero-order chi connectivity index (χ0) is 17.0. The Labute approximate surface area is 139 Å². The lowest BCUT2D eigenvalue weighted by Crippen LogP contribution is -2.32. The van der Waals surface area contributed by atoms with E-state index in [0.29, 0.717) is 17.7 Å². The smallest absolute Gasteiger partial charge is 0.407 e. The molecule has 0 atom stereocenters. The van der Waals surface area contributed by atoms with Crippen LogP contribution < -0.4 is 5.32 Å². The number of aromatic nitrogens is 1. The van der Waals surface area contributed by atoms with E-state index in [1.165, 1.54) is 6.20 Å². The van der Waals surface area contributed by atoms with E-state index in [1.807, 2.05) is 0 Å². The van der Waals surface area contributed by atoms with Crippen LogP contribution in [-0.4, -0.2) is 16.7 Å². The number of ether oxygens (including phenoxy) is 1. The zero-order valence-corrected chi connectivity index (χ0v) is 13.9. The lowest BCUT2D eigenvalue weighted by molar-refractivity contribution is 0.0523. The van der Waals surface area contributed by atoms with E-state index in [9.17, 15) is 9.18 Å². The van der Waals surface area contributed by atoms with Crippen LogP contribution in [0.2, 0.25) is 5.15 Å². The summed E-state index contributed by atoms with van der Waals surface area (Å²) in [6.45, 7) is 5.73. The molecule has 0 aliphatic rings. The zero-order valence-electron chi connectivity index (χ0n) is 13.2. The number of pyridine rings is 1. The first-order valence-corrected chi connectivity index (χ1v) is 7.50. The molecule has 0 bridgehead atoms. The highest BCUT2D eigenvalue weighted by Gasteiger charge is 2.15. The highest BCUT2D eigenvalue weighted by molar-refractivity contribution is 6.29. The van der Waals surface area contributed by atoms with E-state index < -0.39 is 17.5 Å². The minimum absolute atomic E-state index is 0.154. The molecule has 23 heavy (non-hydrogen) atoms. The lowest BCUT2D eigenvalue weighted by atomic mass is 10.0. The normalized spacial score (nSPS) is 11.2. The number of halogens is 2. The molecule has 0 saturated carbocycles. The van der Waals surface area contributed by atoms with Crippen molar-refractivity contribution >= 4 is 17.7 Å². The van der Waals surface area contributed by atoms with Gasteiger partial charge in [0, 0.05) is 18.3 Å². The Balaban J connectivity index is 2.03. The van der Waals surface area contributed by atoms with Gasteiger partial charge in [-0.15, -0.1) is 0 Å². The molecular formula is C17H18ClFN2O2. The molecule has 6 heteroatoms. The van der Waals surface area contributed by atoms with Gasteiger partial charge in [0.1, 0.15) is 5.60 Å². The van der Waals surface area contributed by atoms with E-state index in [4.69, 9.17) is 16.3 Å². The van der Waals surface area contributed by atoms with Gasteiger partial charge in [0.25, 0.3) is 0 Å². The van der Waals surface area contributed by atoms with Crippen molar-refractivity contribution in [1.29, 1.82) is 0 Å². The molecule has 0 unspecified atom stereocenters. The molecule has 0 spiro atoms. The van der Waals surface area contributed by atoms with E-state index in [0.717, 1.165) is 5.56 Å². The second-order valence-corrected chi connectivity index (χ2v) is 6.37. The molecule has 1 amide bonds. The third kappa shape index (κ3) is 4.93. The average Bonchev–Trinajstić information content (AvgIpc) is 2.47. The van der Waals surface area contributed by atoms with E-state index in [2.05, 4.69) is 10.3 Å². The molecule has 122 valence electrons. The van der Waals surface area contributed by atoms with Crippen molar-refractivity contribution in [3.05, 3.63) is 53.1 Å². The number of carbonyl (C=O) groups is 1. The number of nitrogens with one attached hydrogen (secondary N) is 1. The first-order chi connectivity index (χ1) is 10.8. The lowest BCUT2D eigenvalue weighted by Gasteiger charge is -2.19. The van der Waals surface area contributed by atoms with Crippen molar-refractivity contribution in [1.82, 2.24) is 10.3 Å². The van der Waals surface area contributed by atoms with Crippen LogP contribution in [0.5, 0.6) is 0 Å². The van der Waals surface area contributed by atoms with Crippen LogP contribution in [0.4, 0.5) is 9.18 Å². The molecule has 2 rings (SSSR count). The highest BCUT2D eigenvalue weighted by Crippen LogP contribution is 2.26. The average molecular weight is 337 g/mol. The summed E-state index contributed by atoms with van der Waals surface area (Å²) in [7, 11) is 0. The molecule has 0 radical (unpaired) electrons. The van der Waals surface area contributed by atoms with Gasteiger partial charge in [0.2, 0.25) is 0 Å². The molecule has 0 aliphatic heterocycles. The molecule has 1 heterocycles. The van der Waals surface area contributed by atoms with Crippen LogP contribution in [0.3, 0.4) is 0 Å². The van der Waals surface area contributed by atoms with Crippen LogP contribution in [0.1, 0.15) is 26.3 Å². The van der Waals surface area contributed by atoms with Crippen molar-refractivity contribution in [2.24, 2.45) is 0 Å². The minimum Gasteiger partial charge on any atom is -0.444 e.